The van der Waals surface area contributed by atoms with Crippen molar-refractivity contribution in [2.75, 3.05) is 0 Å². The average molecular weight is 226 g/mol. The molecule has 0 fully saturated rings. The fraction of sp³-hybridized carbons (Fsp3) is 0.429. The molecule has 15 heavy (non-hydrogen) atoms. The van der Waals surface area contributed by atoms with Gasteiger partial charge in [0.05, 0.1) is 0 Å². The number of aryl methyl sites for hydroxylation is 2. The van der Waals surface area contributed by atoms with Crippen LogP contribution in [0.5, 0.6) is 0 Å². The Morgan fingerprint density at radius 2 is 1.47 bits per heavy atom. The molecule has 1 rings (SSSR count). The molecule has 0 saturated heterocycles. The number of thiophene rings is 1. The van der Waals surface area contributed by atoms with E-state index in [1.54, 1.807) is 0 Å². The first-order valence-corrected chi connectivity index (χ1v) is 6.25. The zero-order valence-electron chi connectivity index (χ0n) is 11.2. The van der Waals surface area contributed by atoms with Gasteiger partial charge in [0.2, 0.25) is 0 Å². The second-order valence-electron chi connectivity index (χ2n) is 2.07. The first-order chi connectivity index (χ1) is 7.24. The normalized spacial score (nSPS) is 6.80. The van der Waals surface area contributed by atoms with Crippen molar-refractivity contribution in [3.63, 3.8) is 0 Å². The summed E-state index contributed by atoms with van der Waals surface area (Å²) in [6, 6.07) is 2.16. The molecule has 0 spiro atoms. The van der Waals surface area contributed by atoms with Crippen LogP contribution in [0.25, 0.3) is 6.08 Å². The number of hydrogen-bond acceptors (Lipinski definition) is 1. The zero-order chi connectivity index (χ0) is 12.9. The Bertz CT molecular complexity index is 233. The van der Waals surface area contributed by atoms with E-state index in [0.717, 1.165) is 0 Å². The molecule has 0 radical (unpaired) electrons. The molecule has 0 aliphatic carbocycles. The highest BCUT2D eigenvalue weighted by atomic mass is 32.1. The van der Waals surface area contributed by atoms with Gasteiger partial charge in [0, 0.05) is 9.75 Å². The Balaban J connectivity index is -0.000000208. The smallest absolute Gasteiger partial charge is 0.00891 e. The standard InChI is InChI=1S/C8H10S.2C2H6.C2H4/c1-4-8-5-6(2)9-7(8)3;3*1-2/h4-5H,1H2,2-3H3;2*1-2H3;1-2H2. The van der Waals surface area contributed by atoms with Crippen LogP contribution in [-0.4, -0.2) is 0 Å². The number of rotatable bonds is 1. The van der Waals surface area contributed by atoms with E-state index in [4.69, 9.17) is 0 Å². The maximum Gasteiger partial charge on any atom is 0.00891 e. The van der Waals surface area contributed by atoms with E-state index in [0.29, 0.717) is 0 Å². The van der Waals surface area contributed by atoms with E-state index in [9.17, 15) is 0 Å². The molecule has 1 heteroatoms. The van der Waals surface area contributed by atoms with Gasteiger partial charge in [-0.25, -0.2) is 0 Å². The fourth-order valence-corrected chi connectivity index (χ4v) is 1.78. The molecule has 1 aromatic heterocycles. The molecule has 1 aromatic rings. The van der Waals surface area contributed by atoms with Crippen molar-refractivity contribution < 1.29 is 0 Å². The summed E-state index contributed by atoms with van der Waals surface area (Å²) in [5, 5.41) is 0. The molecule has 0 bridgehead atoms. The molecular weight excluding hydrogens is 200 g/mol. The molecule has 0 N–H and O–H groups in total. The van der Waals surface area contributed by atoms with Gasteiger partial charge in [-0.05, 0) is 25.5 Å². The van der Waals surface area contributed by atoms with Gasteiger partial charge in [-0.3, -0.25) is 0 Å². The van der Waals surface area contributed by atoms with E-state index in [2.05, 4.69) is 39.7 Å². The van der Waals surface area contributed by atoms with Gasteiger partial charge in [-0.1, -0.05) is 40.3 Å². The van der Waals surface area contributed by atoms with Crippen LogP contribution < -0.4 is 0 Å². The third-order valence-electron chi connectivity index (χ3n) is 1.30. The van der Waals surface area contributed by atoms with E-state index in [-0.39, 0.29) is 0 Å². The minimum absolute atomic E-state index is 1.28. The molecule has 0 aliphatic rings. The molecule has 0 amide bonds. The molecule has 0 aromatic carbocycles. The van der Waals surface area contributed by atoms with E-state index >= 15 is 0 Å². The van der Waals surface area contributed by atoms with Crippen molar-refractivity contribution in [2.45, 2.75) is 41.5 Å². The second-order valence-corrected chi connectivity index (χ2v) is 3.53. The minimum Gasteiger partial charge on any atom is -0.145 e. The highest BCUT2D eigenvalue weighted by Crippen LogP contribution is 2.20. The molecule has 88 valence electrons. The molecule has 0 nitrogen and oxygen atoms in total. The summed E-state index contributed by atoms with van der Waals surface area (Å²) >= 11 is 1.82. The number of hydrogen-bond donors (Lipinski definition) is 0. The highest BCUT2D eigenvalue weighted by molar-refractivity contribution is 7.12. The molecule has 0 unspecified atom stereocenters. The third kappa shape index (κ3) is 9.48. The average Bonchev–Trinajstić information content (AvgIpc) is 2.65. The van der Waals surface area contributed by atoms with Gasteiger partial charge in [0.25, 0.3) is 0 Å². The van der Waals surface area contributed by atoms with Crippen LogP contribution in [0, 0.1) is 13.8 Å². The van der Waals surface area contributed by atoms with Crippen LogP contribution in [0.4, 0.5) is 0 Å². The van der Waals surface area contributed by atoms with Crippen LogP contribution >= 0.6 is 11.3 Å². The molecule has 0 atom stereocenters. The predicted octanol–water partition coefficient (Wildman–Crippen LogP) is 5.86. The van der Waals surface area contributed by atoms with E-state index in [1.165, 1.54) is 15.3 Å². The summed E-state index contributed by atoms with van der Waals surface area (Å²) in [5.74, 6) is 0. The Hall–Kier alpha value is -0.820. The summed E-state index contributed by atoms with van der Waals surface area (Å²) in [7, 11) is 0. The monoisotopic (exact) mass is 226 g/mol. The van der Waals surface area contributed by atoms with Crippen molar-refractivity contribution in [1.82, 2.24) is 0 Å². The van der Waals surface area contributed by atoms with Gasteiger partial charge < -0.3 is 0 Å². The van der Waals surface area contributed by atoms with Crippen LogP contribution in [0.15, 0.2) is 25.8 Å². The quantitative estimate of drug-likeness (QED) is 0.526. The predicted molar refractivity (Wildman–Crippen MR) is 77.8 cm³/mol. The molecule has 1 heterocycles. The van der Waals surface area contributed by atoms with E-state index in [1.807, 2.05) is 45.1 Å². The molecule has 0 saturated carbocycles. The third-order valence-corrected chi connectivity index (χ3v) is 2.28. The van der Waals surface area contributed by atoms with Crippen molar-refractivity contribution in [1.29, 1.82) is 0 Å². The summed E-state index contributed by atoms with van der Waals surface area (Å²) in [5.41, 5.74) is 1.28. The minimum atomic E-state index is 1.28. The lowest BCUT2D eigenvalue weighted by atomic mass is 10.2. The van der Waals surface area contributed by atoms with E-state index < -0.39 is 0 Å². The van der Waals surface area contributed by atoms with Gasteiger partial charge in [0.15, 0.2) is 0 Å². The summed E-state index contributed by atoms with van der Waals surface area (Å²) in [6.07, 6.45) is 1.90. The van der Waals surface area contributed by atoms with Crippen LogP contribution in [-0.2, 0) is 0 Å². The van der Waals surface area contributed by atoms with Crippen molar-refractivity contribution in [3.8, 4) is 0 Å². The SMILES string of the molecule is C=C.C=Cc1cc(C)sc1C.CC.CC. The van der Waals surface area contributed by atoms with Crippen molar-refractivity contribution >= 4 is 17.4 Å². The summed E-state index contributed by atoms with van der Waals surface area (Å²) in [6.45, 7) is 21.9. The Morgan fingerprint density at radius 3 is 1.60 bits per heavy atom. The Morgan fingerprint density at radius 1 is 1.07 bits per heavy atom. The fourth-order valence-electron chi connectivity index (χ4n) is 0.853. The largest absolute Gasteiger partial charge is 0.145 e. The maximum absolute atomic E-state index is 3.71. The van der Waals surface area contributed by atoms with Gasteiger partial charge in [-0.15, -0.1) is 24.5 Å². The van der Waals surface area contributed by atoms with Crippen molar-refractivity contribution in [2.24, 2.45) is 0 Å². The first kappa shape index (κ1) is 19.7. The topological polar surface area (TPSA) is 0 Å². The van der Waals surface area contributed by atoms with Crippen LogP contribution in [0.2, 0.25) is 0 Å². The van der Waals surface area contributed by atoms with Gasteiger partial charge in [-0.2, -0.15) is 0 Å². The lowest BCUT2D eigenvalue weighted by molar-refractivity contribution is 1.50. The van der Waals surface area contributed by atoms with Crippen molar-refractivity contribution in [3.05, 3.63) is 41.1 Å². The lowest BCUT2D eigenvalue weighted by Gasteiger charge is -1.82. The Labute approximate surface area is 100 Å². The summed E-state index contributed by atoms with van der Waals surface area (Å²) < 4.78 is 0. The second kappa shape index (κ2) is 15.6. The Kier molecular flexibility index (Phi) is 20.6. The van der Waals surface area contributed by atoms with Gasteiger partial charge in [0.1, 0.15) is 0 Å². The molecule has 0 aliphatic heterocycles. The zero-order valence-corrected chi connectivity index (χ0v) is 12.0. The van der Waals surface area contributed by atoms with Crippen LogP contribution in [0.3, 0.4) is 0 Å². The highest BCUT2D eigenvalue weighted by Gasteiger charge is 1.95. The van der Waals surface area contributed by atoms with Gasteiger partial charge >= 0.3 is 0 Å². The molecular formula is C14H26S. The van der Waals surface area contributed by atoms with Crippen LogP contribution in [0.1, 0.15) is 43.0 Å². The first-order valence-electron chi connectivity index (χ1n) is 5.43. The summed E-state index contributed by atoms with van der Waals surface area (Å²) in [4.78, 5) is 2.73. The lowest BCUT2D eigenvalue weighted by Crippen LogP contribution is -1.63. The maximum atomic E-state index is 3.71.